The summed E-state index contributed by atoms with van der Waals surface area (Å²) in [5.74, 6) is -1.50. The van der Waals surface area contributed by atoms with Crippen LogP contribution in [0.2, 0.25) is 5.02 Å². The summed E-state index contributed by atoms with van der Waals surface area (Å²) in [6.45, 7) is 3.76. The lowest BCUT2D eigenvalue weighted by molar-refractivity contribution is -0.115. The molecule has 1 heterocycles. The number of carbonyl (C=O) groups excluding carboxylic acids is 2. The monoisotopic (exact) mass is 355 g/mol. The van der Waals surface area contributed by atoms with E-state index in [0.29, 0.717) is 10.6 Å². The second kappa shape index (κ2) is 7.57. The van der Waals surface area contributed by atoms with E-state index < -0.39 is 17.7 Å². The summed E-state index contributed by atoms with van der Waals surface area (Å²) >= 11 is 7.17. The van der Waals surface area contributed by atoms with Gasteiger partial charge in [-0.2, -0.15) is 0 Å². The SMILES string of the molecule is CCOC(=O)c1cc(C)sc1NC(=O)Cc1c(F)cccc1Cl. The number of esters is 1. The van der Waals surface area contributed by atoms with Gasteiger partial charge < -0.3 is 10.1 Å². The molecule has 0 spiro atoms. The molecule has 2 aromatic rings. The molecule has 0 bridgehead atoms. The van der Waals surface area contributed by atoms with Gasteiger partial charge in [0, 0.05) is 15.5 Å². The van der Waals surface area contributed by atoms with Crippen LogP contribution < -0.4 is 5.32 Å². The van der Waals surface area contributed by atoms with E-state index in [1.165, 1.54) is 29.5 Å². The van der Waals surface area contributed by atoms with E-state index in [2.05, 4.69) is 5.32 Å². The van der Waals surface area contributed by atoms with Crippen LogP contribution in [0.25, 0.3) is 0 Å². The van der Waals surface area contributed by atoms with Crippen LogP contribution in [0.4, 0.5) is 9.39 Å². The van der Waals surface area contributed by atoms with Gasteiger partial charge >= 0.3 is 5.97 Å². The number of carbonyl (C=O) groups is 2. The zero-order valence-electron chi connectivity index (χ0n) is 12.6. The summed E-state index contributed by atoms with van der Waals surface area (Å²) < 4.78 is 18.7. The Bertz CT molecular complexity index is 725. The minimum absolute atomic E-state index is 0.123. The van der Waals surface area contributed by atoms with Crippen molar-refractivity contribution in [3.63, 3.8) is 0 Å². The highest BCUT2D eigenvalue weighted by molar-refractivity contribution is 7.16. The Labute approximate surface area is 142 Å². The first-order chi connectivity index (χ1) is 10.9. The van der Waals surface area contributed by atoms with Crippen LogP contribution in [-0.4, -0.2) is 18.5 Å². The molecule has 1 N–H and O–H groups in total. The smallest absolute Gasteiger partial charge is 0.341 e. The molecule has 0 saturated carbocycles. The molecular weight excluding hydrogens is 341 g/mol. The molecule has 1 aromatic heterocycles. The zero-order chi connectivity index (χ0) is 17.0. The van der Waals surface area contributed by atoms with Crippen LogP contribution in [-0.2, 0) is 16.0 Å². The number of benzene rings is 1. The molecule has 0 radical (unpaired) electrons. The van der Waals surface area contributed by atoms with Crippen molar-refractivity contribution in [3.8, 4) is 0 Å². The molecular formula is C16H15ClFNO3S. The summed E-state index contributed by atoms with van der Waals surface area (Å²) in [5, 5.41) is 3.20. The van der Waals surface area contributed by atoms with E-state index in [4.69, 9.17) is 16.3 Å². The largest absolute Gasteiger partial charge is 0.462 e. The maximum atomic E-state index is 13.7. The zero-order valence-corrected chi connectivity index (χ0v) is 14.2. The lowest BCUT2D eigenvalue weighted by atomic mass is 10.1. The molecule has 4 nitrogen and oxygen atoms in total. The van der Waals surface area contributed by atoms with Gasteiger partial charge in [0.25, 0.3) is 0 Å². The van der Waals surface area contributed by atoms with E-state index in [1.807, 2.05) is 6.92 Å². The number of amides is 1. The number of aryl methyl sites for hydroxylation is 1. The van der Waals surface area contributed by atoms with Crippen molar-refractivity contribution in [1.82, 2.24) is 0 Å². The molecule has 0 fully saturated rings. The van der Waals surface area contributed by atoms with Crippen molar-refractivity contribution in [2.45, 2.75) is 20.3 Å². The van der Waals surface area contributed by atoms with Crippen LogP contribution in [0.3, 0.4) is 0 Å². The van der Waals surface area contributed by atoms with Crippen LogP contribution in [0.5, 0.6) is 0 Å². The van der Waals surface area contributed by atoms with E-state index in [0.717, 1.165) is 4.88 Å². The van der Waals surface area contributed by atoms with Crippen molar-refractivity contribution >= 4 is 39.8 Å². The van der Waals surface area contributed by atoms with Gasteiger partial charge in [0.05, 0.1) is 18.6 Å². The van der Waals surface area contributed by atoms with Crippen LogP contribution in [0.15, 0.2) is 24.3 Å². The van der Waals surface area contributed by atoms with Gasteiger partial charge in [0.2, 0.25) is 5.91 Å². The third-order valence-electron chi connectivity index (χ3n) is 3.00. The molecule has 0 aliphatic heterocycles. The predicted molar refractivity (Wildman–Crippen MR) is 88.8 cm³/mol. The molecule has 1 aromatic carbocycles. The third kappa shape index (κ3) is 4.30. The molecule has 0 aliphatic rings. The number of hydrogen-bond donors (Lipinski definition) is 1. The van der Waals surface area contributed by atoms with Gasteiger partial charge in [-0.05, 0) is 32.0 Å². The Kier molecular flexibility index (Phi) is 5.74. The maximum Gasteiger partial charge on any atom is 0.341 e. The number of anilines is 1. The maximum absolute atomic E-state index is 13.7. The number of nitrogens with one attached hydrogen (secondary N) is 1. The van der Waals surface area contributed by atoms with Gasteiger partial charge in [0.1, 0.15) is 10.8 Å². The molecule has 0 unspecified atom stereocenters. The number of halogens is 2. The van der Waals surface area contributed by atoms with Crippen LogP contribution in [0, 0.1) is 12.7 Å². The fourth-order valence-electron chi connectivity index (χ4n) is 2.00. The fourth-order valence-corrected chi connectivity index (χ4v) is 3.15. The Morgan fingerprint density at radius 1 is 1.39 bits per heavy atom. The summed E-state index contributed by atoms with van der Waals surface area (Å²) in [4.78, 5) is 24.9. The average molecular weight is 356 g/mol. The first-order valence-electron chi connectivity index (χ1n) is 6.92. The summed E-state index contributed by atoms with van der Waals surface area (Å²) in [6, 6.07) is 5.88. The van der Waals surface area contributed by atoms with E-state index >= 15 is 0 Å². The Morgan fingerprint density at radius 2 is 2.13 bits per heavy atom. The van der Waals surface area contributed by atoms with Crippen LogP contribution >= 0.6 is 22.9 Å². The standard InChI is InChI=1S/C16H15ClFNO3S/c1-3-22-16(21)11-7-9(2)23-15(11)19-14(20)8-10-12(17)5-4-6-13(10)18/h4-7H,3,8H2,1-2H3,(H,19,20). The number of hydrogen-bond acceptors (Lipinski definition) is 4. The molecule has 1 amide bonds. The summed E-state index contributed by atoms with van der Waals surface area (Å²) in [7, 11) is 0. The number of thiophene rings is 1. The molecule has 0 atom stereocenters. The van der Waals surface area contributed by atoms with Gasteiger partial charge in [-0.3, -0.25) is 4.79 Å². The van der Waals surface area contributed by atoms with E-state index in [1.54, 1.807) is 13.0 Å². The Morgan fingerprint density at radius 3 is 2.78 bits per heavy atom. The van der Waals surface area contributed by atoms with Crippen molar-refractivity contribution in [2.24, 2.45) is 0 Å². The average Bonchev–Trinajstić information content (AvgIpc) is 2.84. The topological polar surface area (TPSA) is 55.4 Å². The van der Waals surface area contributed by atoms with Crippen LogP contribution in [0.1, 0.15) is 27.7 Å². The van der Waals surface area contributed by atoms with Gasteiger partial charge in [-0.1, -0.05) is 17.7 Å². The van der Waals surface area contributed by atoms with Crippen molar-refractivity contribution in [3.05, 3.63) is 51.1 Å². The van der Waals surface area contributed by atoms with Gasteiger partial charge in [0.15, 0.2) is 0 Å². The first kappa shape index (κ1) is 17.4. The van der Waals surface area contributed by atoms with Crippen molar-refractivity contribution < 1.29 is 18.7 Å². The fraction of sp³-hybridized carbons (Fsp3) is 0.250. The summed E-state index contributed by atoms with van der Waals surface area (Å²) in [5.41, 5.74) is 0.417. The van der Waals surface area contributed by atoms with Gasteiger partial charge in [-0.25, -0.2) is 9.18 Å². The Hall–Kier alpha value is -1.92. The first-order valence-corrected chi connectivity index (χ1v) is 8.12. The van der Waals surface area contributed by atoms with Crippen molar-refractivity contribution in [1.29, 1.82) is 0 Å². The number of ether oxygens (including phenoxy) is 1. The minimum atomic E-state index is -0.541. The highest BCUT2D eigenvalue weighted by Gasteiger charge is 2.19. The second-order valence-corrected chi connectivity index (χ2v) is 6.41. The quantitative estimate of drug-likeness (QED) is 0.817. The summed E-state index contributed by atoms with van der Waals surface area (Å²) in [6.07, 6.45) is -0.218. The predicted octanol–water partition coefficient (Wildman–Crippen LogP) is 4.21. The molecule has 23 heavy (non-hydrogen) atoms. The molecule has 7 heteroatoms. The second-order valence-electron chi connectivity index (χ2n) is 4.75. The van der Waals surface area contributed by atoms with E-state index in [9.17, 15) is 14.0 Å². The highest BCUT2D eigenvalue weighted by atomic mass is 35.5. The molecule has 0 aliphatic carbocycles. The van der Waals surface area contributed by atoms with Gasteiger partial charge in [-0.15, -0.1) is 11.3 Å². The lowest BCUT2D eigenvalue weighted by Gasteiger charge is -2.08. The van der Waals surface area contributed by atoms with E-state index in [-0.39, 0.29) is 23.6 Å². The highest BCUT2D eigenvalue weighted by Crippen LogP contribution is 2.29. The molecule has 2 rings (SSSR count). The number of rotatable bonds is 5. The minimum Gasteiger partial charge on any atom is -0.462 e. The molecule has 0 saturated heterocycles. The Balaban J connectivity index is 2.16. The van der Waals surface area contributed by atoms with Crippen molar-refractivity contribution in [2.75, 3.05) is 11.9 Å². The lowest BCUT2D eigenvalue weighted by Crippen LogP contribution is -2.17. The third-order valence-corrected chi connectivity index (χ3v) is 4.32. The normalized spacial score (nSPS) is 10.4. The molecule has 122 valence electrons.